The number of carbonyl (C=O) groups is 2. The van der Waals surface area contributed by atoms with Gasteiger partial charge >= 0.3 is 5.97 Å². The van der Waals surface area contributed by atoms with Gasteiger partial charge < -0.3 is 10.0 Å². The van der Waals surface area contributed by atoms with Gasteiger partial charge in [0.25, 0.3) is 5.91 Å². The lowest BCUT2D eigenvalue weighted by Crippen LogP contribution is -2.32. The van der Waals surface area contributed by atoms with E-state index in [0.29, 0.717) is 18.7 Å². The van der Waals surface area contributed by atoms with Gasteiger partial charge in [-0.25, -0.2) is 0 Å². The smallest absolute Gasteiger partial charge is 0.305 e. The monoisotopic (exact) mass is 301 g/mol. The topological polar surface area (TPSA) is 75.4 Å². The summed E-state index contributed by atoms with van der Waals surface area (Å²) in [6.07, 6.45) is 3.16. The maximum absolute atomic E-state index is 12.3. The van der Waals surface area contributed by atoms with Crippen LogP contribution in [-0.4, -0.2) is 44.8 Å². The van der Waals surface area contributed by atoms with Crippen LogP contribution in [0.15, 0.2) is 42.7 Å². The van der Waals surface area contributed by atoms with Gasteiger partial charge in [0.05, 0.1) is 24.7 Å². The first-order valence-corrected chi connectivity index (χ1v) is 7.17. The number of carboxylic acid groups (broad SMARTS) is 1. The molecule has 1 aromatic carbocycles. The zero-order valence-corrected chi connectivity index (χ0v) is 12.5. The molecule has 0 saturated carbocycles. The number of carboxylic acids is 1. The van der Waals surface area contributed by atoms with Crippen LogP contribution in [0.3, 0.4) is 0 Å². The molecule has 2 aromatic rings. The van der Waals surface area contributed by atoms with Crippen molar-refractivity contribution >= 4 is 11.9 Å². The molecule has 0 bridgehead atoms. The zero-order valence-electron chi connectivity index (χ0n) is 12.5. The van der Waals surface area contributed by atoms with E-state index in [-0.39, 0.29) is 18.9 Å². The Kier molecular flexibility index (Phi) is 5.30. The molecule has 0 spiro atoms. The summed E-state index contributed by atoms with van der Waals surface area (Å²) in [5.41, 5.74) is 1.57. The third kappa shape index (κ3) is 4.18. The molecule has 22 heavy (non-hydrogen) atoms. The van der Waals surface area contributed by atoms with E-state index >= 15 is 0 Å². The highest BCUT2D eigenvalue weighted by Crippen LogP contribution is 2.07. The third-order valence-electron chi connectivity index (χ3n) is 3.33. The van der Waals surface area contributed by atoms with Crippen LogP contribution in [-0.2, 0) is 11.3 Å². The Morgan fingerprint density at radius 3 is 2.64 bits per heavy atom. The summed E-state index contributed by atoms with van der Waals surface area (Å²) in [5.74, 6) is -1.10. The Morgan fingerprint density at radius 2 is 2.00 bits per heavy atom. The molecular weight excluding hydrogens is 282 g/mol. The summed E-state index contributed by atoms with van der Waals surface area (Å²) < 4.78 is 1.70. The molecule has 0 radical (unpaired) electrons. The number of aliphatic carboxylic acids is 1. The molecule has 0 aliphatic carbocycles. The Morgan fingerprint density at radius 1 is 1.27 bits per heavy atom. The van der Waals surface area contributed by atoms with Gasteiger partial charge in [-0.2, -0.15) is 5.10 Å². The lowest BCUT2D eigenvalue weighted by atomic mass is 10.2. The number of hydrogen-bond donors (Lipinski definition) is 1. The number of carbonyl (C=O) groups excluding carboxylic acids is 1. The molecule has 0 aliphatic rings. The maximum Gasteiger partial charge on any atom is 0.305 e. The van der Waals surface area contributed by atoms with Crippen molar-refractivity contribution in [3.63, 3.8) is 0 Å². The van der Waals surface area contributed by atoms with Gasteiger partial charge in [0.2, 0.25) is 0 Å². The Balaban J connectivity index is 2.03. The van der Waals surface area contributed by atoms with E-state index in [9.17, 15) is 9.59 Å². The van der Waals surface area contributed by atoms with Crippen LogP contribution in [0.2, 0.25) is 0 Å². The molecular formula is C16H19N3O3. The van der Waals surface area contributed by atoms with E-state index in [0.717, 1.165) is 5.56 Å². The molecule has 116 valence electrons. The summed E-state index contributed by atoms with van der Waals surface area (Å²) in [7, 11) is 0. The van der Waals surface area contributed by atoms with Crippen molar-refractivity contribution in [2.45, 2.75) is 19.9 Å². The van der Waals surface area contributed by atoms with Gasteiger partial charge in [-0.3, -0.25) is 14.3 Å². The summed E-state index contributed by atoms with van der Waals surface area (Å²) in [6.45, 7) is 3.09. The quantitative estimate of drug-likeness (QED) is 0.847. The van der Waals surface area contributed by atoms with E-state index in [1.54, 1.807) is 10.9 Å². The van der Waals surface area contributed by atoms with Crippen molar-refractivity contribution in [3.05, 3.63) is 53.9 Å². The van der Waals surface area contributed by atoms with Crippen LogP contribution in [0.25, 0.3) is 0 Å². The standard InChI is InChI=1S/C16H19N3O3/c1-2-18(9-8-15(20)21)16(22)14-10-17-19(12-14)11-13-6-4-3-5-7-13/h3-7,10,12H,2,8-9,11H2,1H3,(H,20,21). The average molecular weight is 301 g/mol. The predicted octanol–water partition coefficient (Wildman–Crippen LogP) is 1.87. The summed E-state index contributed by atoms with van der Waals surface area (Å²) in [4.78, 5) is 24.5. The minimum absolute atomic E-state index is 0.0578. The van der Waals surface area contributed by atoms with E-state index in [4.69, 9.17) is 5.11 Å². The molecule has 1 N–H and O–H groups in total. The molecule has 6 heteroatoms. The van der Waals surface area contributed by atoms with Gasteiger partial charge in [0.1, 0.15) is 0 Å². The first-order valence-electron chi connectivity index (χ1n) is 7.17. The molecule has 1 amide bonds. The van der Waals surface area contributed by atoms with Crippen LogP contribution in [0.4, 0.5) is 0 Å². The van der Waals surface area contributed by atoms with Crippen molar-refractivity contribution in [2.75, 3.05) is 13.1 Å². The Labute approximate surface area is 129 Å². The van der Waals surface area contributed by atoms with Crippen LogP contribution >= 0.6 is 0 Å². The Bertz CT molecular complexity index is 637. The molecule has 1 heterocycles. The molecule has 0 aliphatic heterocycles. The first-order chi connectivity index (χ1) is 10.6. The second kappa shape index (κ2) is 7.40. The van der Waals surface area contributed by atoms with Crippen LogP contribution in [0.1, 0.15) is 29.3 Å². The van der Waals surface area contributed by atoms with Crippen molar-refractivity contribution in [2.24, 2.45) is 0 Å². The molecule has 0 fully saturated rings. The number of nitrogens with zero attached hydrogens (tertiary/aromatic N) is 3. The highest BCUT2D eigenvalue weighted by molar-refractivity contribution is 5.93. The first kappa shape index (κ1) is 15.8. The van der Waals surface area contributed by atoms with Gasteiger partial charge in [-0.15, -0.1) is 0 Å². The van der Waals surface area contributed by atoms with E-state index in [1.807, 2.05) is 37.3 Å². The SMILES string of the molecule is CCN(CCC(=O)O)C(=O)c1cnn(Cc2ccccc2)c1. The largest absolute Gasteiger partial charge is 0.481 e. The minimum atomic E-state index is -0.911. The van der Waals surface area contributed by atoms with Crippen LogP contribution < -0.4 is 0 Å². The number of amides is 1. The van der Waals surface area contributed by atoms with Gasteiger partial charge in [-0.05, 0) is 12.5 Å². The molecule has 6 nitrogen and oxygen atoms in total. The maximum atomic E-state index is 12.3. The lowest BCUT2D eigenvalue weighted by molar-refractivity contribution is -0.137. The number of aromatic nitrogens is 2. The molecule has 0 atom stereocenters. The van der Waals surface area contributed by atoms with Gasteiger partial charge in [0.15, 0.2) is 0 Å². The van der Waals surface area contributed by atoms with E-state index < -0.39 is 5.97 Å². The molecule has 1 aromatic heterocycles. The second-order valence-corrected chi connectivity index (χ2v) is 4.94. The highest BCUT2D eigenvalue weighted by Gasteiger charge is 2.16. The molecule has 2 rings (SSSR count). The summed E-state index contributed by atoms with van der Waals surface area (Å²) in [6, 6.07) is 9.84. The van der Waals surface area contributed by atoms with Crippen molar-refractivity contribution < 1.29 is 14.7 Å². The fourth-order valence-electron chi connectivity index (χ4n) is 2.15. The number of hydrogen-bond acceptors (Lipinski definition) is 3. The van der Waals surface area contributed by atoms with Crippen LogP contribution in [0, 0.1) is 0 Å². The van der Waals surface area contributed by atoms with Crippen LogP contribution in [0.5, 0.6) is 0 Å². The normalized spacial score (nSPS) is 10.4. The van der Waals surface area contributed by atoms with Crippen molar-refractivity contribution in [1.82, 2.24) is 14.7 Å². The second-order valence-electron chi connectivity index (χ2n) is 4.94. The fourth-order valence-corrected chi connectivity index (χ4v) is 2.15. The van der Waals surface area contributed by atoms with Gasteiger partial charge in [-0.1, -0.05) is 30.3 Å². The van der Waals surface area contributed by atoms with Crippen molar-refractivity contribution in [3.8, 4) is 0 Å². The minimum Gasteiger partial charge on any atom is -0.481 e. The van der Waals surface area contributed by atoms with E-state index in [1.165, 1.54) is 11.1 Å². The summed E-state index contributed by atoms with van der Waals surface area (Å²) in [5, 5.41) is 12.9. The lowest BCUT2D eigenvalue weighted by Gasteiger charge is -2.18. The number of rotatable bonds is 7. The predicted molar refractivity (Wildman–Crippen MR) is 81.6 cm³/mol. The molecule has 0 unspecified atom stereocenters. The molecule has 0 saturated heterocycles. The number of benzene rings is 1. The highest BCUT2D eigenvalue weighted by atomic mass is 16.4. The summed E-state index contributed by atoms with van der Waals surface area (Å²) >= 11 is 0. The fraction of sp³-hybridized carbons (Fsp3) is 0.312. The van der Waals surface area contributed by atoms with E-state index in [2.05, 4.69) is 5.10 Å². The van der Waals surface area contributed by atoms with Crippen molar-refractivity contribution in [1.29, 1.82) is 0 Å². The van der Waals surface area contributed by atoms with Gasteiger partial charge in [0, 0.05) is 19.3 Å². The average Bonchev–Trinajstić information content (AvgIpc) is 2.97. The zero-order chi connectivity index (χ0) is 15.9. The Hall–Kier alpha value is -2.63. The third-order valence-corrected chi connectivity index (χ3v) is 3.33.